The molecular weight excluding hydrogens is 455 g/mol. The Morgan fingerprint density at radius 2 is 2.11 bits per heavy atom. The highest BCUT2D eigenvalue weighted by atomic mass is 127. The number of hydrogen-bond acceptors (Lipinski definition) is 4. The number of nitrogens with zero attached hydrogens (tertiary/aromatic N) is 4. The van der Waals surface area contributed by atoms with Crippen LogP contribution < -0.4 is 10.6 Å². The van der Waals surface area contributed by atoms with Gasteiger partial charge < -0.3 is 15.1 Å². The lowest BCUT2D eigenvalue weighted by Gasteiger charge is -2.33. The highest BCUT2D eigenvalue weighted by Crippen LogP contribution is 2.24. The summed E-state index contributed by atoms with van der Waals surface area (Å²) < 4.78 is 7.52. The van der Waals surface area contributed by atoms with Gasteiger partial charge in [0.05, 0.1) is 25.0 Å². The van der Waals surface area contributed by atoms with E-state index in [1.807, 2.05) is 25.5 Å². The fourth-order valence-electron chi connectivity index (χ4n) is 3.38. The predicted octanol–water partition coefficient (Wildman–Crippen LogP) is 2.91. The van der Waals surface area contributed by atoms with Gasteiger partial charge in [0.1, 0.15) is 5.76 Å². The summed E-state index contributed by atoms with van der Waals surface area (Å²) in [6.07, 6.45) is 9.44. The van der Waals surface area contributed by atoms with Gasteiger partial charge in [0.15, 0.2) is 5.96 Å². The molecule has 0 aromatic carbocycles. The number of piperidine rings is 1. The van der Waals surface area contributed by atoms with Gasteiger partial charge in [-0.05, 0) is 45.0 Å². The predicted molar refractivity (Wildman–Crippen MR) is 118 cm³/mol. The normalized spacial score (nSPS) is 16.6. The van der Waals surface area contributed by atoms with E-state index in [9.17, 15) is 0 Å². The summed E-state index contributed by atoms with van der Waals surface area (Å²) in [4.78, 5) is 7.20. The monoisotopic (exact) mass is 486 g/mol. The molecule has 0 amide bonds. The van der Waals surface area contributed by atoms with E-state index >= 15 is 0 Å². The third-order valence-corrected chi connectivity index (χ3v) is 4.69. The Morgan fingerprint density at radius 3 is 2.74 bits per heavy atom. The molecule has 3 heterocycles. The number of aryl methyl sites for hydroxylation is 1. The van der Waals surface area contributed by atoms with Crippen LogP contribution in [0.2, 0.25) is 0 Å². The van der Waals surface area contributed by atoms with Gasteiger partial charge in [-0.15, -0.1) is 24.0 Å². The molecule has 1 aliphatic heterocycles. The van der Waals surface area contributed by atoms with Gasteiger partial charge in [-0.3, -0.25) is 9.58 Å². The molecule has 3 rings (SSSR count). The molecule has 0 saturated carbocycles. The summed E-state index contributed by atoms with van der Waals surface area (Å²) in [6.45, 7) is 6.53. The summed E-state index contributed by atoms with van der Waals surface area (Å²) in [7, 11) is 1.92. The number of likely N-dealkylation sites (tertiary alicyclic amines) is 1. The molecule has 1 unspecified atom stereocenters. The summed E-state index contributed by atoms with van der Waals surface area (Å²) >= 11 is 0. The van der Waals surface area contributed by atoms with Crippen LogP contribution in [-0.4, -0.2) is 46.8 Å². The average molecular weight is 486 g/mol. The summed E-state index contributed by atoms with van der Waals surface area (Å²) in [6, 6.07) is 4.27. The van der Waals surface area contributed by atoms with E-state index in [2.05, 4.69) is 38.6 Å². The molecule has 8 heteroatoms. The van der Waals surface area contributed by atoms with Crippen molar-refractivity contribution in [3.05, 3.63) is 42.1 Å². The molecule has 1 aliphatic rings. The number of aliphatic imine (C=N–C) groups is 1. The largest absolute Gasteiger partial charge is 0.468 e. The maximum atomic E-state index is 5.72. The lowest BCUT2D eigenvalue weighted by molar-refractivity contribution is 0.146. The molecule has 2 aromatic heterocycles. The van der Waals surface area contributed by atoms with Gasteiger partial charge in [0.2, 0.25) is 0 Å². The Kier molecular flexibility index (Phi) is 9.12. The zero-order valence-corrected chi connectivity index (χ0v) is 18.6. The van der Waals surface area contributed by atoms with Crippen LogP contribution in [0, 0.1) is 0 Å². The lowest BCUT2D eigenvalue weighted by atomic mass is 10.1. The van der Waals surface area contributed by atoms with Crippen LogP contribution >= 0.6 is 24.0 Å². The topological polar surface area (TPSA) is 70.6 Å². The second-order valence-electron chi connectivity index (χ2n) is 6.73. The van der Waals surface area contributed by atoms with Crippen LogP contribution in [0.1, 0.15) is 43.6 Å². The third kappa shape index (κ3) is 6.53. The highest BCUT2D eigenvalue weighted by molar-refractivity contribution is 14.0. The van der Waals surface area contributed by atoms with Crippen molar-refractivity contribution in [1.29, 1.82) is 0 Å². The highest BCUT2D eigenvalue weighted by Gasteiger charge is 2.24. The molecule has 150 valence electrons. The van der Waals surface area contributed by atoms with Crippen LogP contribution in [-0.2, 0) is 13.6 Å². The van der Waals surface area contributed by atoms with Crippen molar-refractivity contribution < 1.29 is 4.42 Å². The molecule has 27 heavy (non-hydrogen) atoms. The molecule has 1 atom stereocenters. The molecular formula is C19H31IN6O. The smallest absolute Gasteiger partial charge is 0.191 e. The first-order valence-corrected chi connectivity index (χ1v) is 9.53. The molecule has 0 bridgehead atoms. The number of halogens is 1. The van der Waals surface area contributed by atoms with Crippen LogP contribution in [0.15, 0.2) is 40.2 Å². The zero-order chi connectivity index (χ0) is 18.2. The SMILES string of the molecule is CCNC(=NCc1cnn(C)c1)NCC(c1ccco1)N1CCCCC1.I. The molecule has 1 saturated heterocycles. The fraction of sp³-hybridized carbons (Fsp3) is 0.579. The number of hydrogen-bond donors (Lipinski definition) is 2. The molecule has 1 fully saturated rings. The quantitative estimate of drug-likeness (QED) is 0.358. The van der Waals surface area contributed by atoms with Gasteiger partial charge in [0.25, 0.3) is 0 Å². The van der Waals surface area contributed by atoms with E-state index < -0.39 is 0 Å². The Hall–Kier alpha value is -1.55. The van der Waals surface area contributed by atoms with E-state index in [-0.39, 0.29) is 30.0 Å². The minimum atomic E-state index is 0. The van der Waals surface area contributed by atoms with Crippen molar-refractivity contribution in [3.63, 3.8) is 0 Å². The van der Waals surface area contributed by atoms with Crippen molar-refractivity contribution in [2.75, 3.05) is 26.2 Å². The van der Waals surface area contributed by atoms with E-state index in [0.717, 1.165) is 43.5 Å². The van der Waals surface area contributed by atoms with Gasteiger partial charge in [-0.25, -0.2) is 4.99 Å². The fourth-order valence-corrected chi connectivity index (χ4v) is 3.38. The Morgan fingerprint density at radius 1 is 1.30 bits per heavy atom. The Labute approximate surface area is 178 Å². The first-order chi connectivity index (χ1) is 12.8. The first kappa shape index (κ1) is 21.7. The second-order valence-corrected chi connectivity index (χ2v) is 6.73. The Bertz CT molecular complexity index is 678. The average Bonchev–Trinajstić information content (AvgIpc) is 3.33. The van der Waals surface area contributed by atoms with E-state index in [1.54, 1.807) is 10.9 Å². The summed E-state index contributed by atoms with van der Waals surface area (Å²) in [5.74, 6) is 1.84. The van der Waals surface area contributed by atoms with Gasteiger partial charge in [0, 0.05) is 31.9 Å². The Balaban J connectivity index is 0.00000261. The molecule has 0 spiro atoms. The van der Waals surface area contributed by atoms with Crippen molar-refractivity contribution in [1.82, 2.24) is 25.3 Å². The van der Waals surface area contributed by atoms with Crippen molar-refractivity contribution in [3.8, 4) is 0 Å². The summed E-state index contributed by atoms with van der Waals surface area (Å²) in [5, 5.41) is 11.0. The molecule has 2 N–H and O–H groups in total. The third-order valence-electron chi connectivity index (χ3n) is 4.69. The van der Waals surface area contributed by atoms with Gasteiger partial charge >= 0.3 is 0 Å². The van der Waals surface area contributed by atoms with Gasteiger partial charge in [-0.1, -0.05) is 6.42 Å². The minimum absolute atomic E-state index is 0. The van der Waals surface area contributed by atoms with E-state index in [1.165, 1.54) is 19.3 Å². The zero-order valence-electron chi connectivity index (χ0n) is 16.2. The number of guanidine groups is 1. The van der Waals surface area contributed by atoms with E-state index in [4.69, 9.17) is 4.42 Å². The maximum absolute atomic E-state index is 5.72. The first-order valence-electron chi connectivity index (χ1n) is 9.53. The number of aromatic nitrogens is 2. The van der Waals surface area contributed by atoms with Crippen LogP contribution in [0.25, 0.3) is 0 Å². The van der Waals surface area contributed by atoms with Gasteiger partial charge in [-0.2, -0.15) is 5.10 Å². The van der Waals surface area contributed by atoms with Crippen LogP contribution in [0.4, 0.5) is 0 Å². The number of rotatable bonds is 7. The van der Waals surface area contributed by atoms with Crippen molar-refractivity contribution in [2.45, 2.75) is 38.8 Å². The lowest BCUT2D eigenvalue weighted by Crippen LogP contribution is -2.44. The molecule has 7 nitrogen and oxygen atoms in total. The van der Waals surface area contributed by atoms with Crippen molar-refractivity contribution >= 4 is 29.9 Å². The van der Waals surface area contributed by atoms with Crippen LogP contribution in [0.3, 0.4) is 0 Å². The van der Waals surface area contributed by atoms with Crippen molar-refractivity contribution in [2.24, 2.45) is 12.0 Å². The standard InChI is InChI=1S/C19H30N6O.HI/c1-3-20-19(21-12-16-13-23-24(2)15-16)22-14-17(18-8-7-11-26-18)25-9-5-4-6-10-25;/h7-8,11,13,15,17H,3-6,9-10,12,14H2,1-2H3,(H2,20,21,22);1H. The maximum Gasteiger partial charge on any atom is 0.191 e. The molecule has 0 radical (unpaired) electrons. The summed E-state index contributed by atoms with van der Waals surface area (Å²) in [5.41, 5.74) is 1.10. The molecule has 2 aromatic rings. The number of nitrogens with one attached hydrogen (secondary N) is 2. The second kappa shape index (κ2) is 11.3. The molecule has 0 aliphatic carbocycles. The minimum Gasteiger partial charge on any atom is -0.468 e. The van der Waals surface area contributed by atoms with Crippen LogP contribution in [0.5, 0.6) is 0 Å². The number of furan rings is 1. The van der Waals surface area contributed by atoms with E-state index in [0.29, 0.717) is 6.54 Å².